The molecule has 128 valence electrons. The van der Waals surface area contributed by atoms with E-state index in [0.717, 1.165) is 11.6 Å². The molecule has 0 saturated carbocycles. The number of non-ortho nitro benzene ring substituents is 1. The maximum absolute atomic E-state index is 11.6. The number of ether oxygens (including phenoxy) is 1. The molecule has 1 amide bonds. The van der Waals surface area contributed by atoms with Crippen molar-refractivity contribution in [2.75, 3.05) is 6.61 Å². The van der Waals surface area contributed by atoms with Crippen LogP contribution in [0.2, 0.25) is 0 Å². The van der Waals surface area contributed by atoms with Crippen LogP contribution in [0.25, 0.3) is 6.08 Å². The number of benzene rings is 2. The summed E-state index contributed by atoms with van der Waals surface area (Å²) in [6.07, 6.45) is 2.50. The molecular formula is C18H16N2O5. The average Bonchev–Trinajstić information content (AvgIpc) is 2.64. The molecule has 0 fully saturated rings. The Morgan fingerprint density at radius 1 is 1.12 bits per heavy atom. The van der Waals surface area contributed by atoms with Gasteiger partial charge < -0.3 is 10.1 Å². The highest BCUT2D eigenvalue weighted by molar-refractivity contribution is 5.89. The van der Waals surface area contributed by atoms with Gasteiger partial charge in [-0.05, 0) is 17.2 Å². The number of amides is 1. The summed E-state index contributed by atoms with van der Waals surface area (Å²) in [5.74, 6) is -1.12. The van der Waals surface area contributed by atoms with E-state index in [-0.39, 0.29) is 5.69 Å². The lowest BCUT2D eigenvalue weighted by molar-refractivity contribution is -0.384. The SMILES string of the molecule is O=C(COC(=O)C=Cc1cccc([N+](=O)[O-])c1)NCc1ccccc1. The van der Waals surface area contributed by atoms with E-state index in [4.69, 9.17) is 4.74 Å². The second kappa shape index (κ2) is 8.97. The van der Waals surface area contributed by atoms with E-state index in [0.29, 0.717) is 12.1 Å². The van der Waals surface area contributed by atoms with Gasteiger partial charge in [0.15, 0.2) is 6.61 Å². The maximum atomic E-state index is 11.6. The van der Waals surface area contributed by atoms with Crippen LogP contribution in [0.1, 0.15) is 11.1 Å². The third-order valence-corrected chi connectivity index (χ3v) is 3.17. The van der Waals surface area contributed by atoms with E-state index in [1.165, 1.54) is 24.3 Å². The Kier molecular flexibility index (Phi) is 6.41. The van der Waals surface area contributed by atoms with E-state index < -0.39 is 23.4 Å². The van der Waals surface area contributed by atoms with Gasteiger partial charge >= 0.3 is 5.97 Å². The number of nitrogens with one attached hydrogen (secondary N) is 1. The van der Waals surface area contributed by atoms with Gasteiger partial charge in [-0.15, -0.1) is 0 Å². The number of nitro groups is 1. The number of nitro benzene ring substituents is 1. The van der Waals surface area contributed by atoms with Crippen LogP contribution in [0, 0.1) is 10.1 Å². The number of hydrogen-bond acceptors (Lipinski definition) is 5. The van der Waals surface area contributed by atoms with E-state index in [9.17, 15) is 19.7 Å². The van der Waals surface area contributed by atoms with Crippen molar-refractivity contribution in [1.29, 1.82) is 0 Å². The maximum Gasteiger partial charge on any atom is 0.331 e. The minimum atomic E-state index is -0.707. The molecule has 0 bridgehead atoms. The number of nitrogens with zero attached hydrogens (tertiary/aromatic N) is 1. The fourth-order valence-electron chi connectivity index (χ4n) is 1.94. The van der Waals surface area contributed by atoms with Crippen molar-refractivity contribution in [1.82, 2.24) is 5.32 Å². The quantitative estimate of drug-likeness (QED) is 0.361. The molecule has 7 nitrogen and oxygen atoms in total. The third-order valence-electron chi connectivity index (χ3n) is 3.17. The largest absolute Gasteiger partial charge is 0.452 e. The summed E-state index contributed by atoms with van der Waals surface area (Å²) in [6.45, 7) is -0.0499. The summed E-state index contributed by atoms with van der Waals surface area (Å²) in [7, 11) is 0. The second-order valence-electron chi connectivity index (χ2n) is 5.06. The number of carbonyl (C=O) groups is 2. The molecule has 0 aliphatic carbocycles. The van der Waals surface area contributed by atoms with E-state index in [1.54, 1.807) is 6.07 Å². The zero-order chi connectivity index (χ0) is 18.1. The Bertz CT molecular complexity index is 787. The van der Waals surface area contributed by atoms with Crippen LogP contribution in [0.3, 0.4) is 0 Å². The number of rotatable bonds is 7. The molecule has 0 radical (unpaired) electrons. The number of hydrogen-bond donors (Lipinski definition) is 1. The van der Waals surface area contributed by atoms with Crippen molar-refractivity contribution in [2.45, 2.75) is 6.54 Å². The monoisotopic (exact) mass is 340 g/mol. The highest BCUT2D eigenvalue weighted by Gasteiger charge is 2.06. The smallest absolute Gasteiger partial charge is 0.331 e. The second-order valence-corrected chi connectivity index (χ2v) is 5.06. The van der Waals surface area contributed by atoms with Crippen LogP contribution in [0.5, 0.6) is 0 Å². The molecule has 1 N–H and O–H groups in total. The van der Waals surface area contributed by atoms with Crippen molar-refractivity contribution < 1.29 is 19.2 Å². The summed E-state index contributed by atoms with van der Waals surface area (Å²) in [6, 6.07) is 15.1. The Labute approximate surface area is 144 Å². The molecule has 0 unspecified atom stereocenters. The predicted octanol–water partition coefficient (Wildman–Crippen LogP) is 2.47. The fraction of sp³-hybridized carbons (Fsp3) is 0.111. The molecule has 0 aromatic heterocycles. The lowest BCUT2D eigenvalue weighted by Crippen LogP contribution is -2.28. The lowest BCUT2D eigenvalue weighted by Gasteiger charge is -2.05. The molecule has 0 atom stereocenters. The highest BCUT2D eigenvalue weighted by Crippen LogP contribution is 2.14. The Hall–Kier alpha value is -3.48. The fourth-order valence-corrected chi connectivity index (χ4v) is 1.94. The Morgan fingerprint density at radius 2 is 1.88 bits per heavy atom. The Morgan fingerprint density at radius 3 is 2.60 bits per heavy atom. The first-order chi connectivity index (χ1) is 12.0. The van der Waals surface area contributed by atoms with Gasteiger partial charge in [-0.1, -0.05) is 42.5 Å². The van der Waals surface area contributed by atoms with Crippen LogP contribution in [0.15, 0.2) is 60.7 Å². The molecule has 25 heavy (non-hydrogen) atoms. The standard InChI is InChI=1S/C18H16N2O5/c21-17(19-12-15-5-2-1-3-6-15)13-25-18(22)10-9-14-7-4-8-16(11-14)20(23)24/h1-11H,12-13H2,(H,19,21). The van der Waals surface area contributed by atoms with E-state index in [2.05, 4.69) is 5.32 Å². The molecule has 2 aromatic carbocycles. The average molecular weight is 340 g/mol. The van der Waals surface area contributed by atoms with Gasteiger partial charge in [0, 0.05) is 24.8 Å². The molecule has 0 aliphatic rings. The van der Waals surface area contributed by atoms with Gasteiger partial charge in [-0.2, -0.15) is 0 Å². The van der Waals surface area contributed by atoms with Crippen LogP contribution in [-0.4, -0.2) is 23.4 Å². The molecule has 0 heterocycles. The highest BCUT2D eigenvalue weighted by atomic mass is 16.6. The van der Waals surface area contributed by atoms with Gasteiger partial charge in [-0.25, -0.2) is 4.79 Å². The molecule has 0 spiro atoms. The third kappa shape index (κ3) is 6.26. The van der Waals surface area contributed by atoms with Crippen molar-refractivity contribution in [2.24, 2.45) is 0 Å². The summed E-state index contributed by atoms with van der Waals surface area (Å²) in [4.78, 5) is 33.4. The molecule has 2 aromatic rings. The zero-order valence-corrected chi connectivity index (χ0v) is 13.3. The zero-order valence-electron chi connectivity index (χ0n) is 13.3. The summed E-state index contributed by atoms with van der Waals surface area (Å²) >= 11 is 0. The summed E-state index contributed by atoms with van der Waals surface area (Å²) in [5, 5.41) is 13.3. The van der Waals surface area contributed by atoms with E-state index >= 15 is 0 Å². The molecule has 7 heteroatoms. The van der Waals surface area contributed by atoms with Crippen LogP contribution in [-0.2, 0) is 20.9 Å². The number of carbonyl (C=O) groups excluding carboxylic acids is 2. The van der Waals surface area contributed by atoms with Crippen molar-refractivity contribution >= 4 is 23.6 Å². The normalized spacial score (nSPS) is 10.4. The van der Waals surface area contributed by atoms with Gasteiger partial charge in [0.1, 0.15) is 0 Å². The first-order valence-electron chi connectivity index (χ1n) is 7.44. The Balaban J connectivity index is 1.77. The van der Waals surface area contributed by atoms with Crippen LogP contribution >= 0.6 is 0 Å². The summed E-state index contributed by atoms with van der Waals surface area (Å²) < 4.78 is 4.82. The van der Waals surface area contributed by atoms with Crippen molar-refractivity contribution in [3.05, 3.63) is 81.9 Å². The number of esters is 1. The summed E-state index contributed by atoms with van der Waals surface area (Å²) in [5.41, 5.74) is 1.35. The van der Waals surface area contributed by atoms with Gasteiger partial charge in [-0.3, -0.25) is 14.9 Å². The molecule has 0 aliphatic heterocycles. The van der Waals surface area contributed by atoms with Crippen molar-refractivity contribution in [3.63, 3.8) is 0 Å². The predicted molar refractivity (Wildman–Crippen MR) is 91.4 cm³/mol. The first kappa shape index (κ1) is 17.9. The minimum absolute atomic E-state index is 0.0733. The molecular weight excluding hydrogens is 324 g/mol. The van der Waals surface area contributed by atoms with Gasteiger partial charge in [0.2, 0.25) is 0 Å². The minimum Gasteiger partial charge on any atom is -0.452 e. The molecule has 0 saturated heterocycles. The lowest BCUT2D eigenvalue weighted by atomic mass is 10.2. The van der Waals surface area contributed by atoms with Crippen molar-refractivity contribution in [3.8, 4) is 0 Å². The van der Waals surface area contributed by atoms with E-state index in [1.807, 2.05) is 30.3 Å². The van der Waals surface area contributed by atoms with Crippen LogP contribution in [0.4, 0.5) is 5.69 Å². The van der Waals surface area contributed by atoms with Gasteiger partial charge in [0.25, 0.3) is 11.6 Å². The van der Waals surface area contributed by atoms with Gasteiger partial charge in [0.05, 0.1) is 4.92 Å². The first-order valence-corrected chi connectivity index (χ1v) is 7.44. The topological polar surface area (TPSA) is 98.5 Å². The molecule has 2 rings (SSSR count). The van der Waals surface area contributed by atoms with Crippen LogP contribution < -0.4 is 5.32 Å².